The third kappa shape index (κ3) is 3.90. The molecule has 3 rings (SSSR count). The molecule has 1 fully saturated rings. The van der Waals surface area contributed by atoms with Crippen molar-refractivity contribution in [3.05, 3.63) is 58.7 Å². The number of hydrogen-bond acceptors (Lipinski definition) is 4. The second kappa shape index (κ2) is 8.28. The van der Waals surface area contributed by atoms with Gasteiger partial charge >= 0.3 is 0 Å². The number of benzene rings is 1. The lowest BCUT2D eigenvalue weighted by Gasteiger charge is -2.21. The number of rotatable bonds is 3. The molecule has 1 saturated heterocycles. The Morgan fingerprint density at radius 2 is 2.12 bits per heavy atom. The van der Waals surface area contributed by atoms with Crippen molar-refractivity contribution in [2.45, 2.75) is 16.7 Å². The normalized spacial score (nSPS) is 18.2. The quantitative estimate of drug-likeness (QED) is 0.720. The predicted octanol–water partition coefficient (Wildman–Crippen LogP) is 4.78. The molecule has 6 heteroatoms. The largest absolute Gasteiger partial charge is 0.338 e. The Kier molecular flexibility index (Phi) is 6.09. The fraction of sp³-hybridized carbons (Fsp3) is 0.333. The zero-order valence-corrected chi connectivity index (χ0v) is 15.8. The summed E-state index contributed by atoms with van der Waals surface area (Å²) in [6, 6.07) is 11.7. The van der Waals surface area contributed by atoms with Crippen molar-refractivity contribution in [2.75, 3.05) is 25.1 Å². The summed E-state index contributed by atoms with van der Waals surface area (Å²) in [6.07, 6.45) is 4.59. The first-order chi connectivity index (χ1) is 11.7. The summed E-state index contributed by atoms with van der Waals surface area (Å²) in [7, 11) is 0. The highest BCUT2D eigenvalue weighted by molar-refractivity contribution is 7.99. The van der Waals surface area contributed by atoms with E-state index in [9.17, 15) is 4.79 Å². The Morgan fingerprint density at radius 1 is 1.29 bits per heavy atom. The van der Waals surface area contributed by atoms with E-state index in [-0.39, 0.29) is 5.91 Å². The molecule has 1 atom stereocenters. The fourth-order valence-electron chi connectivity index (χ4n) is 2.84. The highest BCUT2D eigenvalue weighted by atomic mass is 35.5. The zero-order chi connectivity index (χ0) is 16.9. The maximum atomic E-state index is 12.9. The molecule has 2 aromatic rings. The number of thioether (sulfide) groups is 2. The summed E-state index contributed by atoms with van der Waals surface area (Å²) in [4.78, 5) is 19.1. The first kappa shape index (κ1) is 17.6. The van der Waals surface area contributed by atoms with Crippen LogP contribution in [0.25, 0.3) is 0 Å². The van der Waals surface area contributed by atoms with E-state index < -0.39 is 0 Å². The van der Waals surface area contributed by atoms with Crippen LogP contribution in [0.2, 0.25) is 5.02 Å². The van der Waals surface area contributed by atoms with Gasteiger partial charge in [0.25, 0.3) is 5.91 Å². The minimum atomic E-state index is 0.0767. The SMILES string of the molecule is CSc1ncccc1C(=O)N1CCSC(c2ccccc2Cl)CC1. The molecular weight excluding hydrogens is 360 g/mol. The van der Waals surface area contributed by atoms with E-state index >= 15 is 0 Å². The highest BCUT2D eigenvalue weighted by Gasteiger charge is 2.25. The van der Waals surface area contributed by atoms with Crippen LogP contribution >= 0.6 is 35.1 Å². The molecule has 126 valence electrons. The molecule has 3 nitrogen and oxygen atoms in total. The summed E-state index contributed by atoms with van der Waals surface area (Å²) in [6.45, 7) is 1.50. The van der Waals surface area contributed by atoms with Gasteiger partial charge in [-0.3, -0.25) is 4.79 Å². The van der Waals surface area contributed by atoms with Crippen molar-refractivity contribution in [1.29, 1.82) is 0 Å². The Morgan fingerprint density at radius 3 is 2.92 bits per heavy atom. The molecule has 0 N–H and O–H groups in total. The molecule has 0 radical (unpaired) electrons. The van der Waals surface area contributed by atoms with E-state index in [0.717, 1.165) is 35.3 Å². The summed E-state index contributed by atoms with van der Waals surface area (Å²) >= 11 is 9.73. The van der Waals surface area contributed by atoms with E-state index in [4.69, 9.17) is 11.6 Å². The summed E-state index contributed by atoms with van der Waals surface area (Å²) in [5.41, 5.74) is 1.87. The summed E-state index contributed by atoms with van der Waals surface area (Å²) < 4.78 is 0. The number of hydrogen-bond donors (Lipinski definition) is 0. The number of halogens is 1. The van der Waals surface area contributed by atoms with Crippen LogP contribution < -0.4 is 0 Å². The first-order valence-corrected chi connectivity index (χ1v) is 10.5. The lowest BCUT2D eigenvalue weighted by Crippen LogP contribution is -2.33. The first-order valence-electron chi connectivity index (χ1n) is 7.85. The number of aromatic nitrogens is 1. The average molecular weight is 379 g/mol. The van der Waals surface area contributed by atoms with E-state index in [0.29, 0.717) is 10.8 Å². The van der Waals surface area contributed by atoms with Crippen molar-refractivity contribution in [3.63, 3.8) is 0 Å². The average Bonchev–Trinajstić information content (AvgIpc) is 2.87. The van der Waals surface area contributed by atoms with Crippen molar-refractivity contribution < 1.29 is 4.79 Å². The van der Waals surface area contributed by atoms with E-state index in [1.165, 1.54) is 17.3 Å². The van der Waals surface area contributed by atoms with Crippen molar-refractivity contribution >= 4 is 41.0 Å². The molecular formula is C18H19ClN2OS2. The van der Waals surface area contributed by atoms with Gasteiger partial charge in [0.05, 0.1) is 5.56 Å². The number of carbonyl (C=O) groups is 1. The maximum Gasteiger partial charge on any atom is 0.256 e. The van der Waals surface area contributed by atoms with Crippen LogP contribution in [0.1, 0.15) is 27.6 Å². The van der Waals surface area contributed by atoms with Crippen LogP contribution in [0.5, 0.6) is 0 Å². The van der Waals surface area contributed by atoms with Gasteiger partial charge in [-0.05, 0) is 36.4 Å². The number of carbonyl (C=O) groups excluding carboxylic acids is 1. The van der Waals surface area contributed by atoms with Crippen molar-refractivity contribution in [2.24, 2.45) is 0 Å². The maximum absolute atomic E-state index is 12.9. The molecule has 0 aliphatic carbocycles. The summed E-state index contributed by atoms with van der Waals surface area (Å²) in [5.74, 6) is 0.990. The lowest BCUT2D eigenvalue weighted by atomic mass is 10.1. The molecule has 1 aromatic heterocycles. The Hall–Kier alpha value is -1.17. The van der Waals surface area contributed by atoms with Crippen LogP contribution in [0.4, 0.5) is 0 Å². The van der Waals surface area contributed by atoms with Gasteiger partial charge < -0.3 is 4.90 Å². The fourth-order valence-corrected chi connectivity index (χ4v) is 4.99. The third-order valence-corrected chi connectivity index (χ3v) is 6.44. The van der Waals surface area contributed by atoms with Gasteiger partial charge in [0.2, 0.25) is 0 Å². The summed E-state index contributed by atoms with van der Waals surface area (Å²) in [5, 5.41) is 1.94. The van der Waals surface area contributed by atoms with Gasteiger partial charge in [-0.15, -0.1) is 11.8 Å². The van der Waals surface area contributed by atoms with Gasteiger partial charge in [-0.25, -0.2) is 4.98 Å². The molecule has 1 aliphatic heterocycles. The standard InChI is InChI=1S/C18H19ClN2OS2/c1-23-17-14(6-4-9-20-17)18(22)21-10-8-16(24-12-11-21)13-5-2-3-7-15(13)19/h2-7,9,16H,8,10-12H2,1H3. The van der Waals surface area contributed by atoms with Crippen LogP contribution in [-0.4, -0.2) is 40.9 Å². The molecule has 2 heterocycles. The third-order valence-electron chi connectivity index (χ3n) is 4.08. The van der Waals surface area contributed by atoms with Gasteiger partial charge in [-0.1, -0.05) is 29.8 Å². The highest BCUT2D eigenvalue weighted by Crippen LogP contribution is 2.38. The van der Waals surface area contributed by atoms with Gasteiger partial charge in [0.15, 0.2) is 0 Å². The zero-order valence-electron chi connectivity index (χ0n) is 13.4. The van der Waals surface area contributed by atoms with Gasteiger partial charge in [0, 0.05) is 35.3 Å². The molecule has 0 spiro atoms. The topological polar surface area (TPSA) is 33.2 Å². The second-order valence-electron chi connectivity index (χ2n) is 5.52. The van der Waals surface area contributed by atoms with E-state index in [1.807, 2.05) is 53.2 Å². The Balaban J connectivity index is 1.74. The molecule has 1 aliphatic rings. The molecule has 0 bridgehead atoms. The van der Waals surface area contributed by atoms with E-state index in [2.05, 4.69) is 11.1 Å². The van der Waals surface area contributed by atoms with Crippen LogP contribution in [0.15, 0.2) is 47.6 Å². The van der Waals surface area contributed by atoms with Gasteiger partial charge in [0.1, 0.15) is 5.03 Å². The number of pyridine rings is 1. The minimum absolute atomic E-state index is 0.0767. The van der Waals surface area contributed by atoms with Crippen molar-refractivity contribution in [3.8, 4) is 0 Å². The van der Waals surface area contributed by atoms with E-state index in [1.54, 1.807) is 6.20 Å². The molecule has 1 amide bonds. The van der Waals surface area contributed by atoms with Crippen LogP contribution in [-0.2, 0) is 0 Å². The molecule has 1 aromatic carbocycles. The smallest absolute Gasteiger partial charge is 0.256 e. The molecule has 24 heavy (non-hydrogen) atoms. The lowest BCUT2D eigenvalue weighted by molar-refractivity contribution is 0.0762. The van der Waals surface area contributed by atoms with Crippen molar-refractivity contribution in [1.82, 2.24) is 9.88 Å². The van der Waals surface area contributed by atoms with Crippen LogP contribution in [0.3, 0.4) is 0 Å². The Bertz CT molecular complexity index is 726. The number of amides is 1. The van der Waals surface area contributed by atoms with Gasteiger partial charge in [-0.2, -0.15) is 11.8 Å². The predicted molar refractivity (Wildman–Crippen MR) is 103 cm³/mol. The minimum Gasteiger partial charge on any atom is -0.338 e. The molecule has 0 saturated carbocycles. The monoisotopic (exact) mass is 378 g/mol. The van der Waals surface area contributed by atoms with Crippen LogP contribution in [0, 0.1) is 0 Å². The Labute approximate surface area is 156 Å². The molecule has 1 unspecified atom stereocenters. The number of nitrogens with zero attached hydrogens (tertiary/aromatic N) is 2. The second-order valence-corrected chi connectivity index (χ2v) is 8.03.